The molecule has 0 amide bonds. The van der Waals surface area contributed by atoms with Gasteiger partial charge in [0.25, 0.3) is 0 Å². The summed E-state index contributed by atoms with van der Waals surface area (Å²) in [5.41, 5.74) is 3.87. The zero-order valence-electron chi connectivity index (χ0n) is 7.50. The number of allylic oxidation sites excluding steroid dienone is 2. The summed E-state index contributed by atoms with van der Waals surface area (Å²) in [6.45, 7) is 9.08. The molecule has 0 aromatic carbocycles. The van der Waals surface area contributed by atoms with Crippen LogP contribution in [0.4, 0.5) is 0 Å². The van der Waals surface area contributed by atoms with Gasteiger partial charge in [-0.05, 0) is 6.08 Å². The third kappa shape index (κ3) is 2.74. The van der Waals surface area contributed by atoms with Crippen molar-refractivity contribution in [2.75, 3.05) is 6.54 Å². The molecular weight excluding hydrogens is 168 g/mol. The second kappa shape index (κ2) is 4.36. The molecule has 0 fully saturated rings. The Morgan fingerprint density at radius 2 is 2.50 bits per heavy atom. The molecule has 0 saturated carbocycles. The maximum Gasteiger partial charge on any atom is 0.0956 e. The fourth-order valence-corrected chi connectivity index (χ4v) is 1.69. The van der Waals surface area contributed by atoms with Gasteiger partial charge in [-0.15, -0.1) is 11.8 Å². The van der Waals surface area contributed by atoms with Crippen LogP contribution in [0.25, 0.3) is 0 Å². The van der Waals surface area contributed by atoms with Crippen LogP contribution in [0.5, 0.6) is 0 Å². The normalized spacial score (nSPS) is 15.8. The topological polar surface area (TPSA) is 24.4 Å². The molecule has 0 unspecified atom stereocenters. The first-order valence-corrected chi connectivity index (χ1v) is 4.91. The number of hydrazone groups is 1. The lowest BCUT2D eigenvalue weighted by Crippen LogP contribution is -2.14. The zero-order valence-corrected chi connectivity index (χ0v) is 8.32. The van der Waals surface area contributed by atoms with Gasteiger partial charge in [0.1, 0.15) is 0 Å². The van der Waals surface area contributed by atoms with Gasteiger partial charge in [0.15, 0.2) is 0 Å². The number of hydrogen-bond donors (Lipinski definition) is 1. The predicted molar refractivity (Wildman–Crippen MR) is 56.4 cm³/mol. The van der Waals surface area contributed by atoms with E-state index in [9.17, 15) is 0 Å². The van der Waals surface area contributed by atoms with Crippen molar-refractivity contribution >= 4 is 17.5 Å². The summed E-state index contributed by atoms with van der Waals surface area (Å²) >= 11 is 1.74. The van der Waals surface area contributed by atoms with Crippen LogP contribution in [-0.2, 0) is 0 Å². The minimum Gasteiger partial charge on any atom is -0.306 e. The first kappa shape index (κ1) is 9.39. The molecule has 12 heavy (non-hydrogen) atoms. The Morgan fingerprint density at radius 3 is 3.00 bits per heavy atom. The van der Waals surface area contributed by atoms with E-state index in [2.05, 4.69) is 37.0 Å². The number of rotatable bonds is 3. The molecule has 0 atom stereocenters. The lowest BCUT2D eigenvalue weighted by Gasteiger charge is -2.11. The van der Waals surface area contributed by atoms with E-state index < -0.39 is 0 Å². The van der Waals surface area contributed by atoms with E-state index >= 15 is 0 Å². The van der Waals surface area contributed by atoms with E-state index in [1.54, 1.807) is 11.8 Å². The molecule has 1 aliphatic heterocycles. The molecule has 66 valence electrons. The highest BCUT2D eigenvalue weighted by molar-refractivity contribution is 8.04. The van der Waals surface area contributed by atoms with Crippen LogP contribution in [0.2, 0.25) is 0 Å². The van der Waals surface area contributed by atoms with Crippen LogP contribution in [0.3, 0.4) is 0 Å². The smallest absolute Gasteiger partial charge is 0.0956 e. The molecule has 1 rings (SSSR count). The maximum absolute atomic E-state index is 4.14. The second-order valence-corrected chi connectivity index (χ2v) is 4.52. The second-order valence-electron chi connectivity index (χ2n) is 2.85. The van der Waals surface area contributed by atoms with E-state index in [-0.39, 0.29) is 0 Å². The van der Waals surface area contributed by atoms with Crippen molar-refractivity contribution < 1.29 is 0 Å². The Kier molecular flexibility index (Phi) is 3.41. The largest absolute Gasteiger partial charge is 0.306 e. The lowest BCUT2D eigenvalue weighted by molar-refractivity contribution is 0.818. The SMILES string of the molecule is C=C(SC(C)C)C1=NNCC=C1. The molecule has 1 aliphatic rings. The quantitative estimate of drug-likeness (QED) is 0.723. The van der Waals surface area contributed by atoms with Gasteiger partial charge in [-0.25, -0.2) is 0 Å². The van der Waals surface area contributed by atoms with Crippen LogP contribution in [0.1, 0.15) is 13.8 Å². The van der Waals surface area contributed by atoms with Gasteiger partial charge in [-0.1, -0.05) is 26.5 Å². The number of hydrogen-bond acceptors (Lipinski definition) is 3. The molecular formula is C9H14N2S. The van der Waals surface area contributed by atoms with Gasteiger partial charge in [-0.3, -0.25) is 0 Å². The van der Waals surface area contributed by atoms with Gasteiger partial charge in [0.05, 0.1) is 12.3 Å². The van der Waals surface area contributed by atoms with Gasteiger partial charge in [-0.2, -0.15) is 5.10 Å². The highest BCUT2D eigenvalue weighted by atomic mass is 32.2. The Labute approximate surface area is 77.8 Å². The minimum absolute atomic E-state index is 0.565. The van der Waals surface area contributed by atoms with Crippen LogP contribution < -0.4 is 5.43 Å². The summed E-state index contributed by atoms with van der Waals surface area (Å²) in [5.74, 6) is 0. The Balaban J connectivity index is 2.52. The summed E-state index contributed by atoms with van der Waals surface area (Å²) in [6.07, 6.45) is 4.06. The van der Waals surface area contributed by atoms with E-state index in [1.807, 2.05) is 6.08 Å². The number of thioether (sulfide) groups is 1. The molecule has 0 saturated heterocycles. The van der Waals surface area contributed by atoms with Crippen molar-refractivity contribution in [1.82, 2.24) is 5.43 Å². The molecule has 0 aromatic rings. The fraction of sp³-hybridized carbons (Fsp3) is 0.444. The fourth-order valence-electron chi connectivity index (χ4n) is 0.892. The van der Waals surface area contributed by atoms with Gasteiger partial charge in [0, 0.05) is 10.2 Å². The Bertz CT molecular complexity index is 229. The van der Waals surface area contributed by atoms with E-state index in [0.29, 0.717) is 5.25 Å². The summed E-state index contributed by atoms with van der Waals surface area (Å²) in [7, 11) is 0. The summed E-state index contributed by atoms with van der Waals surface area (Å²) in [4.78, 5) is 1.04. The highest BCUT2D eigenvalue weighted by Crippen LogP contribution is 2.21. The zero-order chi connectivity index (χ0) is 8.97. The molecule has 0 spiro atoms. The third-order valence-corrected chi connectivity index (χ3v) is 2.31. The molecule has 1 N–H and O–H groups in total. The van der Waals surface area contributed by atoms with Gasteiger partial charge >= 0.3 is 0 Å². The van der Waals surface area contributed by atoms with Crippen LogP contribution in [0.15, 0.2) is 28.7 Å². The summed E-state index contributed by atoms with van der Waals surface area (Å²) < 4.78 is 0. The van der Waals surface area contributed by atoms with E-state index in [0.717, 1.165) is 17.2 Å². The predicted octanol–water partition coefficient (Wildman–Crippen LogP) is 2.16. The summed E-state index contributed by atoms with van der Waals surface area (Å²) in [5, 5.41) is 4.71. The van der Waals surface area contributed by atoms with Crippen molar-refractivity contribution in [3.8, 4) is 0 Å². The first-order chi connectivity index (χ1) is 5.70. The van der Waals surface area contributed by atoms with E-state index in [1.165, 1.54) is 0 Å². The summed E-state index contributed by atoms with van der Waals surface area (Å²) in [6, 6.07) is 0. The van der Waals surface area contributed by atoms with Crippen molar-refractivity contribution in [3.63, 3.8) is 0 Å². The minimum atomic E-state index is 0.565. The maximum atomic E-state index is 4.14. The van der Waals surface area contributed by atoms with Gasteiger partial charge in [0.2, 0.25) is 0 Å². The first-order valence-electron chi connectivity index (χ1n) is 4.03. The molecule has 0 bridgehead atoms. The average molecular weight is 182 g/mol. The lowest BCUT2D eigenvalue weighted by atomic mass is 10.3. The molecule has 0 aliphatic carbocycles. The molecule has 3 heteroatoms. The molecule has 0 aromatic heterocycles. The standard InChI is InChI=1S/C9H14N2S/c1-7(2)12-8(3)9-5-4-6-10-11-9/h4-5,7,10H,3,6H2,1-2H3. The van der Waals surface area contributed by atoms with Gasteiger partial charge < -0.3 is 5.43 Å². The van der Waals surface area contributed by atoms with Crippen molar-refractivity contribution in [2.24, 2.45) is 5.10 Å². The van der Waals surface area contributed by atoms with Crippen molar-refractivity contribution in [1.29, 1.82) is 0 Å². The monoisotopic (exact) mass is 182 g/mol. The van der Waals surface area contributed by atoms with E-state index in [4.69, 9.17) is 0 Å². The number of nitrogens with one attached hydrogen (secondary N) is 1. The van der Waals surface area contributed by atoms with Crippen LogP contribution >= 0.6 is 11.8 Å². The molecule has 1 heterocycles. The van der Waals surface area contributed by atoms with Crippen LogP contribution in [-0.4, -0.2) is 17.5 Å². The molecule has 0 radical (unpaired) electrons. The van der Waals surface area contributed by atoms with Crippen LogP contribution in [0, 0.1) is 0 Å². The Hall–Kier alpha value is -0.700. The number of nitrogens with zero attached hydrogens (tertiary/aromatic N) is 1. The third-order valence-electron chi connectivity index (χ3n) is 1.35. The van der Waals surface area contributed by atoms with Crippen molar-refractivity contribution in [2.45, 2.75) is 19.1 Å². The Morgan fingerprint density at radius 1 is 1.75 bits per heavy atom. The average Bonchev–Trinajstić information content (AvgIpc) is 2.05. The highest BCUT2D eigenvalue weighted by Gasteiger charge is 2.06. The molecule has 2 nitrogen and oxygen atoms in total. The van der Waals surface area contributed by atoms with Crippen molar-refractivity contribution in [3.05, 3.63) is 23.6 Å².